The number of allylic oxidation sites excluding steroid dienone is 1. The Morgan fingerprint density at radius 1 is 0.742 bits per heavy atom. The summed E-state index contributed by atoms with van der Waals surface area (Å²) in [6.45, 7) is 22.3. The quantitative estimate of drug-likeness (QED) is 0.421. The highest BCUT2D eigenvalue weighted by Gasteiger charge is 2.70. The first-order valence-electron chi connectivity index (χ1n) is 13.6. The molecule has 0 aliphatic heterocycles. The van der Waals surface area contributed by atoms with E-state index in [1.807, 2.05) is 0 Å². The highest BCUT2D eigenvalue weighted by Crippen LogP contribution is 2.77. The van der Waals surface area contributed by atoms with Crippen molar-refractivity contribution in [1.82, 2.24) is 0 Å². The summed E-state index contributed by atoms with van der Waals surface area (Å²) in [6, 6.07) is 0. The Labute approximate surface area is 192 Å². The van der Waals surface area contributed by atoms with Crippen molar-refractivity contribution in [1.29, 1.82) is 0 Å². The molecule has 0 heterocycles. The first-order valence-corrected chi connectivity index (χ1v) is 13.6. The third-order valence-corrected chi connectivity index (χ3v) is 13.5. The van der Waals surface area contributed by atoms with Crippen LogP contribution in [-0.2, 0) is 0 Å². The number of fused-ring (bicyclic) bond motifs is 7. The summed E-state index contributed by atoms with van der Waals surface area (Å²) in [5, 5.41) is 10.9. The third kappa shape index (κ3) is 2.65. The lowest BCUT2D eigenvalue weighted by molar-refractivity contribution is -0.246. The molecule has 0 aromatic rings. The van der Waals surface area contributed by atoms with Gasteiger partial charge in [0.2, 0.25) is 0 Å². The molecule has 5 saturated carbocycles. The second-order valence-corrected chi connectivity index (χ2v) is 14.7. The molecule has 1 nitrogen and oxygen atoms in total. The van der Waals surface area contributed by atoms with Gasteiger partial charge in [-0.2, -0.15) is 0 Å². The fourth-order valence-corrected chi connectivity index (χ4v) is 11.5. The molecule has 5 aliphatic rings. The van der Waals surface area contributed by atoms with Gasteiger partial charge in [0.25, 0.3) is 0 Å². The molecule has 0 aromatic carbocycles. The van der Waals surface area contributed by atoms with E-state index in [0.29, 0.717) is 27.6 Å². The van der Waals surface area contributed by atoms with Crippen molar-refractivity contribution in [3.05, 3.63) is 12.2 Å². The molecule has 5 rings (SSSR count). The molecular formula is C30H50O. The summed E-state index contributed by atoms with van der Waals surface area (Å²) >= 11 is 0. The second kappa shape index (κ2) is 6.64. The number of aliphatic hydroxyl groups is 1. The Morgan fingerprint density at radius 2 is 1.45 bits per heavy atom. The van der Waals surface area contributed by atoms with E-state index in [1.54, 1.807) is 0 Å². The van der Waals surface area contributed by atoms with Crippen LogP contribution in [-0.4, -0.2) is 11.2 Å². The van der Waals surface area contributed by atoms with Crippen molar-refractivity contribution >= 4 is 0 Å². The van der Waals surface area contributed by atoms with Gasteiger partial charge < -0.3 is 5.11 Å². The maximum atomic E-state index is 10.9. The van der Waals surface area contributed by atoms with E-state index >= 15 is 0 Å². The molecule has 176 valence electrons. The summed E-state index contributed by atoms with van der Waals surface area (Å²) < 4.78 is 0. The SMILES string of the molecule is C=C(C)[C@@H]1CC[C@]2(C)CC[C@]3(C)[C@@H](CC[C@@H]4[C@@]5(C)CC[C@H](O)C(C)(C)[C@H]5CC[C@]43C)[C@@H]12. The van der Waals surface area contributed by atoms with Crippen LogP contribution in [0.4, 0.5) is 0 Å². The molecule has 10 atom stereocenters. The molecule has 1 heteroatoms. The summed E-state index contributed by atoms with van der Waals surface area (Å²) in [4.78, 5) is 0. The first kappa shape index (κ1) is 22.5. The number of hydrogen-bond acceptors (Lipinski definition) is 1. The Bertz CT molecular complexity index is 766. The molecule has 0 saturated heterocycles. The fraction of sp³-hybridized carbons (Fsp3) is 0.933. The van der Waals surface area contributed by atoms with E-state index in [1.165, 1.54) is 63.4 Å². The lowest BCUT2D eigenvalue weighted by Gasteiger charge is -2.73. The smallest absolute Gasteiger partial charge is 0.0594 e. The molecule has 0 aromatic heterocycles. The lowest BCUT2D eigenvalue weighted by Crippen LogP contribution is -2.66. The zero-order valence-corrected chi connectivity index (χ0v) is 21.7. The van der Waals surface area contributed by atoms with Gasteiger partial charge in [-0.15, -0.1) is 0 Å². The van der Waals surface area contributed by atoms with Gasteiger partial charge in [0.15, 0.2) is 0 Å². The molecule has 5 fully saturated rings. The van der Waals surface area contributed by atoms with Crippen molar-refractivity contribution in [3.63, 3.8) is 0 Å². The van der Waals surface area contributed by atoms with E-state index in [4.69, 9.17) is 0 Å². The minimum absolute atomic E-state index is 0.0632. The van der Waals surface area contributed by atoms with Crippen LogP contribution in [0.1, 0.15) is 113 Å². The van der Waals surface area contributed by atoms with Gasteiger partial charge in [0.05, 0.1) is 6.10 Å². The Kier molecular flexibility index (Phi) is 4.82. The van der Waals surface area contributed by atoms with Crippen LogP contribution in [0.15, 0.2) is 12.2 Å². The molecule has 5 aliphatic carbocycles. The predicted molar refractivity (Wildman–Crippen MR) is 131 cm³/mol. The molecule has 0 bridgehead atoms. The van der Waals surface area contributed by atoms with E-state index in [-0.39, 0.29) is 11.5 Å². The van der Waals surface area contributed by atoms with Gasteiger partial charge in [-0.3, -0.25) is 0 Å². The summed E-state index contributed by atoms with van der Waals surface area (Å²) in [6.07, 6.45) is 13.4. The van der Waals surface area contributed by atoms with Crippen LogP contribution in [0.5, 0.6) is 0 Å². The Balaban J connectivity index is 1.54. The average molecular weight is 427 g/mol. The van der Waals surface area contributed by atoms with Crippen molar-refractivity contribution in [2.24, 2.45) is 56.7 Å². The molecule has 0 amide bonds. The molecule has 0 unspecified atom stereocenters. The van der Waals surface area contributed by atoms with Crippen molar-refractivity contribution in [3.8, 4) is 0 Å². The van der Waals surface area contributed by atoms with Crippen molar-refractivity contribution in [2.45, 2.75) is 119 Å². The minimum Gasteiger partial charge on any atom is -0.393 e. The highest BCUT2D eigenvalue weighted by molar-refractivity contribution is 5.21. The monoisotopic (exact) mass is 426 g/mol. The number of hydrogen-bond donors (Lipinski definition) is 1. The van der Waals surface area contributed by atoms with Crippen LogP contribution in [0.25, 0.3) is 0 Å². The van der Waals surface area contributed by atoms with Gasteiger partial charge >= 0.3 is 0 Å². The molecule has 1 N–H and O–H groups in total. The zero-order chi connectivity index (χ0) is 22.6. The van der Waals surface area contributed by atoms with Gasteiger partial charge in [-0.1, -0.05) is 53.7 Å². The largest absolute Gasteiger partial charge is 0.393 e. The minimum atomic E-state index is -0.118. The number of rotatable bonds is 1. The van der Waals surface area contributed by atoms with Crippen molar-refractivity contribution in [2.75, 3.05) is 0 Å². The van der Waals surface area contributed by atoms with Gasteiger partial charge in [0.1, 0.15) is 0 Å². The Morgan fingerprint density at radius 3 is 2.13 bits per heavy atom. The van der Waals surface area contributed by atoms with E-state index < -0.39 is 0 Å². The topological polar surface area (TPSA) is 20.2 Å². The van der Waals surface area contributed by atoms with Crippen LogP contribution >= 0.6 is 0 Å². The van der Waals surface area contributed by atoms with Gasteiger partial charge in [-0.25, -0.2) is 0 Å². The lowest BCUT2D eigenvalue weighted by atomic mass is 9.32. The molecule has 0 radical (unpaired) electrons. The fourth-order valence-electron chi connectivity index (χ4n) is 11.5. The molecule has 0 spiro atoms. The van der Waals surface area contributed by atoms with Crippen LogP contribution in [0, 0.1) is 56.7 Å². The summed E-state index contributed by atoms with van der Waals surface area (Å²) in [7, 11) is 0. The second-order valence-electron chi connectivity index (χ2n) is 14.7. The Hall–Kier alpha value is -0.300. The zero-order valence-electron chi connectivity index (χ0n) is 21.7. The van der Waals surface area contributed by atoms with E-state index in [9.17, 15) is 5.11 Å². The summed E-state index contributed by atoms with van der Waals surface area (Å²) in [5.74, 6) is 3.98. The number of aliphatic hydroxyl groups excluding tert-OH is 1. The van der Waals surface area contributed by atoms with Gasteiger partial charge in [0, 0.05) is 0 Å². The van der Waals surface area contributed by atoms with E-state index in [0.717, 1.165) is 30.1 Å². The first-order chi connectivity index (χ1) is 14.3. The maximum absolute atomic E-state index is 10.9. The van der Waals surface area contributed by atoms with Crippen LogP contribution in [0.3, 0.4) is 0 Å². The van der Waals surface area contributed by atoms with Crippen LogP contribution in [0.2, 0.25) is 0 Å². The average Bonchev–Trinajstić information content (AvgIpc) is 3.04. The standard InChI is InChI=1S/C30H50O/c1-19(2)20-11-14-27(5)17-18-29(7)21(25(20)27)9-10-23-28(6)15-13-24(31)26(3,4)22(28)12-16-30(23,29)8/h20-25,31H,1,9-18H2,2-8H3/t20-,21-,22+,23+,24-,25+,27+,28-,29+,30+/m0/s1. The molecule has 31 heavy (non-hydrogen) atoms. The normalized spacial score (nSPS) is 57.9. The van der Waals surface area contributed by atoms with Crippen LogP contribution < -0.4 is 0 Å². The maximum Gasteiger partial charge on any atom is 0.0594 e. The van der Waals surface area contributed by atoms with Crippen molar-refractivity contribution < 1.29 is 5.11 Å². The summed E-state index contributed by atoms with van der Waals surface area (Å²) in [5.41, 5.74) is 3.38. The van der Waals surface area contributed by atoms with Gasteiger partial charge in [-0.05, 0) is 128 Å². The predicted octanol–water partition coefficient (Wildman–Crippen LogP) is 8.02. The molecular weight excluding hydrogens is 376 g/mol. The van der Waals surface area contributed by atoms with E-state index in [2.05, 4.69) is 55.0 Å². The highest BCUT2D eigenvalue weighted by atomic mass is 16.3. The third-order valence-electron chi connectivity index (χ3n) is 13.5.